The van der Waals surface area contributed by atoms with Crippen LogP contribution in [0.1, 0.15) is 13.3 Å². The van der Waals surface area contributed by atoms with Gasteiger partial charge in [-0.2, -0.15) is 4.57 Å². The Bertz CT molecular complexity index is 905. The summed E-state index contributed by atoms with van der Waals surface area (Å²) in [6, 6.07) is 16.6. The minimum Gasteiger partial charge on any atom is -0.871 e. The Morgan fingerprint density at radius 3 is 2.23 bits per heavy atom. The first-order valence-electron chi connectivity index (χ1n) is 8.37. The Morgan fingerprint density at radius 2 is 1.62 bits per heavy atom. The standard InChI is InChI=1S/C21H19N3O2/c1-2-19(25)20(21(26)23-18-6-4-3-5-7-18)24-14-10-17(11-15-24)16-8-12-22-13-9-16/h3-15H,2H2,1H3,(H-,22,23,25,26). The number of aromatic nitrogens is 2. The summed E-state index contributed by atoms with van der Waals surface area (Å²) in [5, 5.41) is 15.1. The molecule has 2 heterocycles. The predicted octanol–water partition coefficient (Wildman–Crippen LogP) is 2.61. The fourth-order valence-electron chi connectivity index (χ4n) is 2.58. The zero-order chi connectivity index (χ0) is 18.4. The molecule has 5 heteroatoms. The quantitative estimate of drug-likeness (QED) is 0.439. The van der Waals surface area contributed by atoms with Gasteiger partial charge in [-0.3, -0.25) is 9.78 Å². The van der Waals surface area contributed by atoms with Gasteiger partial charge in [0.15, 0.2) is 12.4 Å². The van der Waals surface area contributed by atoms with E-state index in [1.54, 1.807) is 48.4 Å². The van der Waals surface area contributed by atoms with Gasteiger partial charge in [0.1, 0.15) is 0 Å². The van der Waals surface area contributed by atoms with E-state index in [1.807, 2.05) is 42.5 Å². The Kier molecular flexibility index (Phi) is 5.39. The normalized spacial score (nSPS) is 11.6. The van der Waals surface area contributed by atoms with Gasteiger partial charge in [0.25, 0.3) is 5.70 Å². The molecule has 0 unspecified atom stereocenters. The number of nitrogens with zero attached hydrogens (tertiary/aromatic N) is 2. The number of rotatable bonds is 5. The van der Waals surface area contributed by atoms with Crippen LogP contribution in [-0.4, -0.2) is 10.9 Å². The average molecular weight is 345 g/mol. The van der Waals surface area contributed by atoms with Gasteiger partial charge in [-0.25, -0.2) is 0 Å². The number of pyridine rings is 2. The number of benzene rings is 1. The van der Waals surface area contributed by atoms with Crippen LogP contribution in [0.4, 0.5) is 5.69 Å². The molecule has 26 heavy (non-hydrogen) atoms. The van der Waals surface area contributed by atoms with Crippen LogP contribution in [0.2, 0.25) is 0 Å². The maximum absolute atomic E-state index is 12.7. The zero-order valence-corrected chi connectivity index (χ0v) is 14.4. The molecule has 0 radical (unpaired) electrons. The topological polar surface area (TPSA) is 68.9 Å². The Balaban J connectivity index is 1.90. The summed E-state index contributed by atoms with van der Waals surface area (Å²) >= 11 is 0. The first-order chi connectivity index (χ1) is 12.7. The van der Waals surface area contributed by atoms with Crippen LogP contribution >= 0.6 is 0 Å². The highest BCUT2D eigenvalue weighted by atomic mass is 16.3. The van der Waals surface area contributed by atoms with Crippen molar-refractivity contribution in [2.75, 3.05) is 5.32 Å². The summed E-state index contributed by atoms with van der Waals surface area (Å²) in [5.74, 6) is -0.648. The van der Waals surface area contributed by atoms with Crippen LogP contribution in [0, 0.1) is 0 Å². The number of hydrogen-bond donors (Lipinski definition) is 1. The van der Waals surface area contributed by atoms with E-state index in [4.69, 9.17) is 0 Å². The summed E-state index contributed by atoms with van der Waals surface area (Å²) in [6.45, 7) is 1.74. The van der Waals surface area contributed by atoms with Crippen molar-refractivity contribution >= 4 is 17.3 Å². The minimum atomic E-state index is -0.426. The van der Waals surface area contributed by atoms with Crippen molar-refractivity contribution in [3.05, 3.63) is 85.1 Å². The third kappa shape index (κ3) is 3.95. The van der Waals surface area contributed by atoms with E-state index in [0.717, 1.165) is 11.1 Å². The first kappa shape index (κ1) is 17.4. The number of amides is 1. The minimum absolute atomic E-state index is 0.0950. The molecule has 3 rings (SSSR count). The van der Waals surface area contributed by atoms with Gasteiger partial charge in [0.2, 0.25) is 0 Å². The van der Waals surface area contributed by atoms with Crippen molar-refractivity contribution in [1.82, 2.24) is 4.98 Å². The molecule has 0 spiro atoms. The number of allylic oxidation sites excluding steroid dienone is 1. The zero-order valence-electron chi connectivity index (χ0n) is 14.4. The molecule has 0 saturated carbocycles. The molecule has 130 valence electrons. The second kappa shape index (κ2) is 8.07. The molecule has 0 aliphatic carbocycles. The van der Waals surface area contributed by atoms with Gasteiger partial charge in [-0.1, -0.05) is 30.9 Å². The SMILES string of the molecule is CC/C([O-])=C(\C(=O)Nc1ccccc1)[n+]1ccc(-c2ccncc2)cc1. The fourth-order valence-corrected chi connectivity index (χ4v) is 2.58. The lowest BCUT2D eigenvalue weighted by Crippen LogP contribution is -2.40. The van der Waals surface area contributed by atoms with Crippen molar-refractivity contribution in [3.63, 3.8) is 0 Å². The van der Waals surface area contributed by atoms with Crippen LogP contribution < -0.4 is 15.0 Å². The molecule has 0 fully saturated rings. The van der Waals surface area contributed by atoms with Crippen molar-refractivity contribution in [3.8, 4) is 11.1 Å². The lowest BCUT2D eigenvalue weighted by atomic mass is 10.1. The van der Waals surface area contributed by atoms with Gasteiger partial charge in [0, 0.05) is 30.2 Å². The maximum atomic E-state index is 12.7. The van der Waals surface area contributed by atoms with E-state index in [-0.39, 0.29) is 17.9 Å². The highest BCUT2D eigenvalue weighted by Gasteiger charge is 2.21. The summed E-state index contributed by atoms with van der Waals surface area (Å²) in [4.78, 5) is 16.7. The van der Waals surface area contributed by atoms with E-state index in [9.17, 15) is 9.90 Å². The van der Waals surface area contributed by atoms with E-state index in [0.29, 0.717) is 5.69 Å². The van der Waals surface area contributed by atoms with Crippen LogP contribution in [-0.2, 0) is 4.79 Å². The number of hydrogen-bond acceptors (Lipinski definition) is 3. The molecule has 1 N–H and O–H groups in total. The first-order valence-corrected chi connectivity index (χ1v) is 8.37. The van der Waals surface area contributed by atoms with Crippen molar-refractivity contribution in [2.45, 2.75) is 13.3 Å². The number of nitrogens with one attached hydrogen (secondary N) is 1. The molecule has 0 saturated heterocycles. The molecule has 2 aromatic heterocycles. The number of para-hydroxylation sites is 1. The van der Waals surface area contributed by atoms with Crippen LogP contribution in [0.15, 0.2) is 85.1 Å². The smallest absolute Gasteiger partial charge is 0.319 e. The third-order valence-electron chi connectivity index (χ3n) is 3.93. The highest BCUT2D eigenvalue weighted by Crippen LogP contribution is 2.17. The molecule has 5 nitrogen and oxygen atoms in total. The van der Waals surface area contributed by atoms with E-state index in [2.05, 4.69) is 10.3 Å². The Labute approximate surface area is 152 Å². The lowest BCUT2D eigenvalue weighted by molar-refractivity contribution is -0.582. The Morgan fingerprint density at radius 1 is 1.00 bits per heavy atom. The molecule has 3 aromatic rings. The predicted molar refractivity (Wildman–Crippen MR) is 98.4 cm³/mol. The maximum Gasteiger partial charge on any atom is 0.319 e. The molecule has 0 bridgehead atoms. The van der Waals surface area contributed by atoms with Gasteiger partial charge in [-0.05, 0) is 41.8 Å². The van der Waals surface area contributed by atoms with Gasteiger partial charge in [-0.15, -0.1) is 0 Å². The molecule has 1 amide bonds. The van der Waals surface area contributed by atoms with Crippen molar-refractivity contribution in [1.29, 1.82) is 0 Å². The number of carbonyl (C=O) groups excluding carboxylic acids is 1. The summed E-state index contributed by atoms with van der Waals surface area (Å²) in [7, 11) is 0. The van der Waals surface area contributed by atoms with Gasteiger partial charge < -0.3 is 10.4 Å². The third-order valence-corrected chi connectivity index (χ3v) is 3.93. The number of carbonyl (C=O) groups is 1. The number of anilines is 1. The average Bonchev–Trinajstić information content (AvgIpc) is 2.70. The fraction of sp³-hybridized carbons (Fsp3) is 0.0952. The highest BCUT2D eigenvalue weighted by molar-refractivity contribution is 6.17. The molecule has 0 aliphatic rings. The monoisotopic (exact) mass is 345 g/mol. The summed E-state index contributed by atoms with van der Waals surface area (Å²) < 4.78 is 1.56. The van der Waals surface area contributed by atoms with Crippen molar-refractivity contribution in [2.24, 2.45) is 0 Å². The molecule has 0 aliphatic heterocycles. The van der Waals surface area contributed by atoms with E-state index in [1.165, 1.54) is 0 Å². The second-order valence-electron chi connectivity index (χ2n) is 5.68. The summed E-state index contributed by atoms with van der Waals surface area (Å²) in [6.07, 6.45) is 7.15. The van der Waals surface area contributed by atoms with E-state index < -0.39 is 5.91 Å². The molecular formula is C21H19N3O2. The van der Waals surface area contributed by atoms with Gasteiger partial charge in [0.05, 0.1) is 0 Å². The van der Waals surface area contributed by atoms with Gasteiger partial charge >= 0.3 is 5.91 Å². The van der Waals surface area contributed by atoms with Crippen LogP contribution in [0.25, 0.3) is 16.8 Å². The molecule has 1 aromatic carbocycles. The van der Waals surface area contributed by atoms with Crippen molar-refractivity contribution < 1.29 is 14.5 Å². The lowest BCUT2D eigenvalue weighted by Gasteiger charge is -2.13. The molecular weight excluding hydrogens is 326 g/mol. The van der Waals surface area contributed by atoms with Crippen LogP contribution in [0.3, 0.4) is 0 Å². The molecule has 0 atom stereocenters. The van der Waals surface area contributed by atoms with Crippen LogP contribution in [0.5, 0.6) is 0 Å². The second-order valence-corrected chi connectivity index (χ2v) is 5.68. The largest absolute Gasteiger partial charge is 0.871 e. The summed E-state index contributed by atoms with van der Waals surface area (Å²) in [5.41, 5.74) is 2.74. The Hall–Kier alpha value is -3.47. The van der Waals surface area contributed by atoms with E-state index >= 15 is 0 Å².